The Morgan fingerprint density at radius 2 is 1.62 bits per heavy atom. The van der Waals surface area contributed by atoms with Crippen molar-refractivity contribution in [2.24, 2.45) is 5.92 Å². The van der Waals surface area contributed by atoms with E-state index in [-0.39, 0.29) is 47.1 Å². The molecule has 0 amide bonds. The number of nitrogen functional groups attached to an aromatic ring is 2. The van der Waals surface area contributed by atoms with Crippen LogP contribution >= 0.6 is 0 Å². The molecule has 2 aliphatic heterocycles. The first kappa shape index (κ1) is 28.2. The second-order valence-corrected chi connectivity index (χ2v) is 11.3. The number of fused-ring (bicyclic) bond motifs is 2. The van der Waals surface area contributed by atoms with E-state index in [1.54, 1.807) is 4.57 Å². The zero-order valence-electron chi connectivity index (χ0n) is 23.2. The van der Waals surface area contributed by atoms with E-state index < -0.39 is 47.5 Å². The molecule has 6 rings (SSSR count). The molecule has 1 unspecified atom stereocenters. The Morgan fingerprint density at radius 1 is 1.02 bits per heavy atom. The molecule has 2 fully saturated rings. The molecule has 2 aliphatic rings. The smallest absolute Gasteiger partial charge is 0.280 e. The fourth-order valence-electron chi connectivity index (χ4n) is 5.70. The molecular formula is C24H34N12O6. The van der Waals surface area contributed by atoms with Gasteiger partial charge in [-0.15, -0.1) is 0 Å². The number of nitrogens with two attached hydrogens (primary N) is 2. The number of rotatable bonds is 8. The number of ether oxygens (including phenoxy) is 2. The van der Waals surface area contributed by atoms with Gasteiger partial charge in [-0.05, 0) is 13.8 Å². The van der Waals surface area contributed by atoms with E-state index in [9.17, 15) is 19.8 Å². The summed E-state index contributed by atoms with van der Waals surface area (Å²) in [6.45, 7) is 5.90. The largest absolute Gasteiger partial charge is 0.394 e. The van der Waals surface area contributed by atoms with Gasteiger partial charge in [0.15, 0.2) is 28.6 Å². The van der Waals surface area contributed by atoms with Gasteiger partial charge in [-0.2, -0.15) is 9.97 Å². The molecule has 4 aromatic heterocycles. The van der Waals surface area contributed by atoms with Crippen molar-refractivity contribution in [3.05, 3.63) is 33.4 Å². The van der Waals surface area contributed by atoms with E-state index >= 15 is 0 Å². The van der Waals surface area contributed by atoms with Gasteiger partial charge >= 0.3 is 0 Å². The highest BCUT2D eigenvalue weighted by Crippen LogP contribution is 2.35. The summed E-state index contributed by atoms with van der Waals surface area (Å²) < 4.78 is 15.5. The summed E-state index contributed by atoms with van der Waals surface area (Å²) in [7, 11) is 0. The van der Waals surface area contributed by atoms with Gasteiger partial charge in [0.2, 0.25) is 11.9 Å². The van der Waals surface area contributed by atoms with Crippen LogP contribution in [-0.2, 0) is 9.47 Å². The van der Waals surface area contributed by atoms with Crippen molar-refractivity contribution in [3.63, 3.8) is 0 Å². The fourth-order valence-corrected chi connectivity index (χ4v) is 5.70. The van der Waals surface area contributed by atoms with Gasteiger partial charge in [-0.3, -0.25) is 39.3 Å². The maximum atomic E-state index is 12.2. The summed E-state index contributed by atoms with van der Waals surface area (Å²) >= 11 is 0. The second-order valence-electron chi connectivity index (χ2n) is 11.3. The van der Waals surface area contributed by atoms with Gasteiger partial charge in [0, 0.05) is 24.9 Å². The first-order valence-electron chi connectivity index (χ1n) is 13.5. The lowest BCUT2D eigenvalue weighted by molar-refractivity contribution is -0.0373. The molecule has 10 N–H and O–H groups in total. The summed E-state index contributed by atoms with van der Waals surface area (Å²) in [5.41, 5.74) is 10.6. The molecule has 0 aromatic carbocycles. The molecule has 7 atom stereocenters. The predicted octanol–water partition coefficient (Wildman–Crippen LogP) is -2.12. The van der Waals surface area contributed by atoms with Gasteiger partial charge in [0.25, 0.3) is 11.1 Å². The molecule has 0 radical (unpaired) electrons. The molecule has 0 saturated carbocycles. The van der Waals surface area contributed by atoms with Crippen LogP contribution in [0.3, 0.4) is 0 Å². The van der Waals surface area contributed by atoms with Crippen LogP contribution in [0, 0.1) is 5.92 Å². The third-order valence-corrected chi connectivity index (χ3v) is 7.92. The highest BCUT2D eigenvalue weighted by Gasteiger charge is 2.44. The number of nitrogens with zero attached hydrogens (tertiary/aromatic N) is 6. The number of anilines is 2. The van der Waals surface area contributed by atoms with E-state index in [2.05, 4.69) is 40.5 Å². The Hall–Kier alpha value is -3.94. The van der Waals surface area contributed by atoms with Crippen LogP contribution in [0.25, 0.3) is 22.3 Å². The number of hydrogen-bond donors (Lipinski definition) is 8. The predicted molar refractivity (Wildman–Crippen MR) is 149 cm³/mol. The maximum Gasteiger partial charge on any atom is 0.280 e. The number of aromatic nitrogens is 8. The Kier molecular flexibility index (Phi) is 6.98. The molecule has 0 aliphatic carbocycles. The molecule has 18 heteroatoms. The fraction of sp³-hybridized carbons (Fsp3) is 0.583. The minimum Gasteiger partial charge on any atom is -0.394 e. The third kappa shape index (κ3) is 4.91. The first-order valence-corrected chi connectivity index (χ1v) is 13.5. The van der Waals surface area contributed by atoms with Crippen molar-refractivity contribution < 1.29 is 19.7 Å². The zero-order chi connectivity index (χ0) is 29.9. The van der Waals surface area contributed by atoms with Crippen LogP contribution in [0.4, 0.5) is 11.9 Å². The summed E-state index contributed by atoms with van der Waals surface area (Å²) in [4.78, 5) is 45.9. The van der Waals surface area contributed by atoms with E-state index in [4.69, 9.17) is 20.9 Å². The highest BCUT2D eigenvalue weighted by molar-refractivity contribution is 5.71. The van der Waals surface area contributed by atoms with Gasteiger partial charge in [0.1, 0.15) is 12.3 Å². The van der Waals surface area contributed by atoms with E-state index in [1.165, 1.54) is 17.2 Å². The van der Waals surface area contributed by atoms with Crippen molar-refractivity contribution in [2.75, 3.05) is 24.6 Å². The van der Waals surface area contributed by atoms with Gasteiger partial charge in [0.05, 0.1) is 37.1 Å². The molecular weight excluding hydrogens is 552 g/mol. The molecule has 0 spiro atoms. The average Bonchev–Trinajstić information content (AvgIpc) is 3.69. The SMILES string of the molecule is C[C@H]1[C@@H](O)[C@H](n2cnc3c(=O)[nH]c(N)nc32)O[C@@H]1CNC(C)(C)NC1C[C@H](n2cnc3c(=O)[nH]c(N)nc32)O[C@@H]1CO. The lowest BCUT2D eigenvalue weighted by atomic mass is 9.99. The van der Waals surface area contributed by atoms with Crippen molar-refractivity contribution in [3.8, 4) is 0 Å². The minimum atomic E-state index is -0.893. The zero-order valence-corrected chi connectivity index (χ0v) is 23.2. The molecule has 226 valence electrons. The molecule has 0 bridgehead atoms. The lowest BCUT2D eigenvalue weighted by Gasteiger charge is -2.34. The normalized spacial score (nSPS) is 28.4. The van der Waals surface area contributed by atoms with Crippen LogP contribution in [-0.4, -0.2) is 92.4 Å². The van der Waals surface area contributed by atoms with Crippen LogP contribution in [0.1, 0.15) is 39.6 Å². The van der Waals surface area contributed by atoms with E-state index in [0.717, 1.165) is 0 Å². The van der Waals surface area contributed by atoms with Crippen LogP contribution in [0.15, 0.2) is 22.2 Å². The topological polar surface area (TPSA) is 262 Å². The molecule has 4 aromatic rings. The van der Waals surface area contributed by atoms with Gasteiger partial charge in [-0.25, -0.2) is 9.97 Å². The Balaban J connectivity index is 1.13. The van der Waals surface area contributed by atoms with Crippen LogP contribution in [0.2, 0.25) is 0 Å². The number of aromatic amines is 2. The van der Waals surface area contributed by atoms with Gasteiger partial charge < -0.3 is 31.2 Å². The van der Waals surface area contributed by atoms with Crippen molar-refractivity contribution >= 4 is 34.2 Å². The second kappa shape index (κ2) is 10.4. The summed E-state index contributed by atoms with van der Waals surface area (Å²) in [6, 6.07) is -0.272. The van der Waals surface area contributed by atoms with E-state index in [0.29, 0.717) is 18.6 Å². The van der Waals surface area contributed by atoms with Crippen LogP contribution < -0.4 is 33.2 Å². The number of aliphatic hydroxyl groups is 2. The Bertz CT molecular complexity index is 1730. The molecule has 18 nitrogen and oxygen atoms in total. The molecule has 2 saturated heterocycles. The van der Waals surface area contributed by atoms with Gasteiger partial charge in [-0.1, -0.05) is 6.92 Å². The first-order chi connectivity index (χ1) is 20.0. The number of nitrogens with one attached hydrogen (secondary N) is 4. The minimum absolute atomic E-state index is 0.0306. The number of aliphatic hydroxyl groups excluding tert-OH is 2. The highest BCUT2D eigenvalue weighted by atomic mass is 16.5. The Labute approximate surface area is 237 Å². The van der Waals surface area contributed by atoms with Crippen molar-refractivity contribution in [2.45, 2.75) is 69.7 Å². The summed E-state index contributed by atoms with van der Waals surface area (Å²) in [5.74, 6) is -0.357. The maximum absolute atomic E-state index is 12.2. The van der Waals surface area contributed by atoms with Crippen LogP contribution in [0.5, 0.6) is 0 Å². The standard InChI is InChI=1S/C24H34N12O6/c1-9-11(42-21(16(9)38)36-8-28-15-18(36)31-23(26)33-20(15)40)5-29-24(2,3)34-10-4-13(41-12(10)6-37)35-7-27-14-17(35)30-22(25)32-19(14)39/h7-13,16,21,29,34,37-38H,4-6H2,1-3H3,(H3,25,30,32,39)(H3,26,31,33,40)/t9-,10?,11-,12-,13-,16-,21-/m1/s1. The third-order valence-electron chi connectivity index (χ3n) is 7.92. The molecule has 42 heavy (non-hydrogen) atoms. The summed E-state index contributed by atoms with van der Waals surface area (Å²) in [6.07, 6.45) is 0.151. The summed E-state index contributed by atoms with van der Waals surface area (Å²) in [5, 5.41) is 28.0. The number of H-pyrrole nitrogens is 2. The lowest BCUT2D eigenvalue weighted by Crippen LogP contribution is -2.59. The van der Waals surface area contributed by atoms with E-state index in [1.807, 2.05) is 20.8 Å². The Morgan fingerprint density at radius 3 is 2.24 bits per heavy atom. The van der Waals surface area contributed by atoms with Crippen molar-refractivity contribution in [1.82, 2.24) is 49.7 Å². The molecule has 6 heterocycles. The quantitative estimate of drug-likeness (QED) is 0.103. The van der Waals surface area contributed by atoms with Crippen molar-refractivity contribution in [1.29, 1.82) is 0 Å². The monoisotopic (exact) mass is 586 g/mol. The average molecular weight is 587 g/mol. The number of hydrogen-bond acceptors (Lipinski definition) is 14. The number of imidazole rings is 2.